The number of carbonyl (C=O) groups excluding carboxylic acids is 1. The summed E-state index contributed by atoms with van der Waals surface area (Å²) in [5, 5.41) is 10.8. The van der Waals surface area contributed by atoms with Crippen molar-refractivity contribution in [3.05, 3.63) is 22.3 Å². The van der Waals surface area contributed by atoms with Gasteiger partial charge in [-0.2, -0.15) is 0 Å². The SMILES string of the molecule is COC(=O)[C@@H](N)CCCCNC(=N)NS(=O)(=O)c1c(C)c(C)c2c(c1C)CC(C)(C)O2.Cl. The van der Waals surface area contributed by atoms with Crippen LogP contribution < -0.4 is 20.5 Å². The summed E-state index contributed by atoms with van der Waals surface area (Å²) in [6, 6.07) is -0.675. The third kappa shape index (κ3) is 6.26. The van der Waals surface area contributed by atoms with E-state index < -0.39 is 22.0 Å². The second-order valence-electron chi connectivity index (χ2n) is 8.58. The van der Waals surface area contributed by atoms with Crippen molar-refractivity contribution in [2.24, 2.45) is 5.73 Å². The molecule has 0 fully saturated rings. The Balaban J connectivity index is 0.00000512. The molecule has 0 amide bonds. The second-order valence-corrected chi connectivity index (χ2v) is 10.2. The van der Waals surface area contributed by atoms with Crippen LogP contribution in [0.4, 0.5) is 0 Å². The lowest BCUT2D eigenvalue weighted by molar-refractivity contribution is -0.142. The molecule has 0 aliphatic carbocycles. The van der Waals surface area contributed by atoms with Crippen molar-refractivity contribution < 1.29 is 22.7 Å². The van der Waals surface area contributed by atoms with Gasteiger partial charge in [-0.05, 0) is 70.6 Å². The Morgan fingerprint density at radius 3 is 2.44 bits per heavy atom. The van der Waals surface area contributed by atoms with Gasteiger partial charge in [0.1, 0.15) is 17.4 Å². The summed E-state index contributed by atoms with van der Waals surface area (Å²) in [5.74, 6) is 0.000686. The van der Waals surface area contributed by atoms with Crippen LogP contribution in [0.3, 0.4) is 0 Å². The molecule has 1 aromatic rings. The molecule has 0 aromatic heterocycles. The number of ether oxygens (including phenoxy) is 2. The highest BCUT2D eigenvalue weighted by Gasteiger charge is 2.36. The van der Waals surface area contributed by atoms with Crippen molar-refractivity contribution >= 4 is 34.4 Å². The number of unbranched alkanes of at least 4 members (excludes halogenated alkanes) is 1. The van der Waals surface area contributed by atoms with Gasteiger partial charge in [0.25, 0.3) is 10.0 Å². The number of guanidine groups is 1. The fourth-order valence-corrected chi connectivity index (χ4v) is 5.37. The van der Waals surface area contributed by atoms with E-state index in [2.05, 4.69) is 14.8 Å². The van der Waals surface area contributed by atoms with E-state index in [-0.39, 0.29) is 28.9 Å². The van der Waals surface area contributed by atoms with Gasteiger partial charge >= 0.3 is 5.97 Å². The minimum absolute atomic E-state index is 0. The predicted octanol–water partition coefficient (Wildman–Crippen LogP) is 2.22. The molecular formula is C21H35ClN4O5S. The molecule has 0 bridgehead atoms. The van der Waals surface area contributed by atoms with E-state index in [9.17, 15) is 13.2 Å². The lowest BCUT2D eigenvalue weighted by atomic mass is 9.94. The average Bonchev–Trinajstić information content (AvgIpc) is 3.00. The van der Waals surface area contributed by atoms with Gasteiger partial charge < -0.3 is 20.5 Å². The third-order valence-corrected chi connectivity index (χ3v) is 7.17. The number of rotatable bonds is 8. The number of esters is 1. The molecule has 0 radical (unpaired) electrons. The molecule has 0 saturated heterocycles. The smallest absolute Gasteiger partial charge is 0.322 e. The lowest BCUT2D eigenvalue weighted by Gasteiger charge is -2.19. The van der Waals surface area contributed by atoms with Gasteiger partial charge in [0, 0.05) is 18.5 Å². The summed E-state index contributed by atoms with van der Waals surface area (Å²) in [7, 11) is -2.66. The molecule has 2 rings (SSSR count). The number of hydrogen-bond acceptors (Lipinski definition) is 7. The van der Waals surface area contributed by atoms with Gasteiger partial charge in [0.15, 0.2) is 0 Å². The van der Waals surface area contributed by atoms with Gasteiger partial charge in [0.05, 0.1) is 12.0 Å². The number of halogens is 1. The molecule has 1 aliphatic rings. The van der Waals surface area contributed by atoms with E-state index in [1.807, 2.05) is 20.8 Å². The van der Waals surface area contributed by atoms with Crippen LogP contribution in [0.25, 0.3) is 0 Å². The summed E-state index contributed by atoms with van der Waals surface area (Å²) in [5.41, 5.74) is 8.26. The molecule has 1 atom stereocenters. The number of methoxy groups -OCH3 is 1. The zero-order chi connectivity index (χ0) is 23.6. The largest absolute Gasteiger partial charge is 0.487 e. The quantitative estimate of drug-likeness (QED) is 0.189. The maximum absolute atomic E-state index is 13.1. The molecule has 9 nitrogen and oxygen atoms in total. The number of hydrogen-bond donors (Lipinski definition) is 4. The summed E-state index contributed by atoms with van der Waals surface area (Å²) < 4.78 is 39.1. The Labute approximate surface area is 196 Å². The molecule has 1 aromatic carbocycles. The second kappa shape index (κ2) is 10.7. The molecule has 1 heterocycles. The van der Waals surface area contributed by atoms with Crippen LogP contribution in [0.1, 0.15) is 55.4 Å². The highest BCUT2D eigenvalue weighted by Crippen LogP contribution is 2.43. The minimum Gasteiger partial charge on any atom is -0.487 e. The molecule has 0 saturated carbocycles. The lowest BCUT2D eigenvalue weighted by Crippen LogP contribution is -2.41. The Morgan fingerprint density at radius 2 is 1.84 bits per heavy atom. The highest BCUT2D eigenvalue weighted by atomic mass is 35.5. The Kier molecular flexibility index (Phi) is 9.38. The Hall–Kier alpha value is -2.04. The summed E-state index contributed by atoms with van der Waals surface area (Å²) in [6.45, 7) is 9.73. The van der Waals surface area contributed by atoms with Crippen LogP contribution in [-0.4, -0.2) is 45.6 Å². The first-order valence-electron chi connectivity index (χ1n) is 10.3. The molecule has 0 spiro atoms. The number of carbonyl (C=O) groups is 1. The van der Waals surface area contributed by atoms with Crippen LogP contribution in [0.2, 0.25) is 0 Å². The predicted molar refractivity (Wildman–Crippen MR) is 126 cm³/mol. The number of nitrogens with one attached hydrogen (secondary N) is 3. The minimum atomic E-state index is -3.95. The van der Waals surface area contributed by atoms with Gasteiger partial charge in [-0.25, -0.2) is 13.1 Å². The third-order valence-electron chi connectivity index (χ3n) is 5.54. The van der Waals surface area contributed by atoms with Crippen LogP contribution in [0, 0.1) is 26.2 Å². The van der Waals surface area contributed by atoms with Gasteiger partial charge in [-0.3, -0.25) is 10.2 Å². The summed E-state index contributed by atoms with van der Waals surface area (Å²) >= 11 is 0. The first kappa shape index (κ1) is 28.0. The maximum Gasteiger partial charge on any atom is 0.322 e. The van der Waals surface area contributed by atoms with Crippen molar-refractivity contribution in [1.29, 1.82) is 5.41 Å². The first-order chi connectivity index (χ1) is 14.3. The van der Waals surface area contributed by atoms with Crippen molar-refractivity contribution in [3.63, 3.8) is 0 Å². The van der Waals surface area contributed by atoms with E-state index >= 15 is 0 Å². The molecule has 182 valence electrons. The van der Waals surface area contributed by atoms with E-state index in [1.165, 1.54) is 7.11 Å². The maximum atomic E-state index is 13.1. The van der Waals surface area contributed by atoms with Crippen LogP contribution in [-0.2, 0) is 26.0 Å². The van der Waals surface area contributed by atoms with E-state index in [0.29, 0.717) is 43.4 Å². The van der Waals surface area contributed by atoms with Crippen LogP contribution in [0.15, 0.2) is 4.90 Å². The fourth-order valence-electron chi connectivity index (χ4n) is 3.84. The standard InChI is InChI=1S/C21H34N4O5S.ClH/c1-12-13(2)18(14(3)15-11-21(4,5)30-17(12)15)31(27,28)25-20(23)24-10-8-7-9-16(22)19(26)29-6;/h16H,7-11,22H2,1-6H3,(H3,23,24,25);1H/t16-;/m0./s1. The number of nitrogens with two attached hydrogens (primary N) is 1. The monoisotopic (exact) mass is 490 g/mol. The van der Waals surface area contributed by atoms with Crippen molar-refractivity contribution in [2.45, 2.75) is 76.8 Å². The van der Waals surface area contributed by atoms with Gasteiger partial charge in [0.2, 0.25) is 5.96 Å². The molecule has 5 N–H and O–H groups in total. The first-order valence-corrected chi connectivity index (χ1v) is 11.8. The number of benzene rings is 1. The zero-order valence-electron chi connectivity index (χ0n) is 19.5. The fraction of sp³-hybridized carbons (Fsp3) is 0.619. The topological polar surface area (TPSA) is 144 Å². The zero-order valence-corrected chi connectivity index (χ0v) is 21.2. The molecule has 1 aliphatic heterocycles. The Morgan fingerprint density at radius 1 is 1.22 bits per heavy atom. The van der Waals surface area contributed by atoms with E-state index in [1.54, 1.807) is 13.8 Å². The van der Waals surface area contributed by atoms with Crippen LogP contribution in [0.5, 0.6) is 5.75 Å². The van der Waals surface area contributed by atoms with Crippen molar-refractivity contribution in [2.75, 3.05) is 13.7 Å². The van der Waals surface area contributed by atoms with Gasteiger partial charge in [-0.15, -0.1) is 12.4 Å². The van der Waals surface area contributed by atoms with Crippen molar-refractivity contribution in [1.82, 2.24) is 10.0 Å². The van der Waals surface area contributed by atoms with E-state index in [0.717, 1.165) is 16.9 Å². The number of sulfonamides is 1. The van der Waals surface area contributed by atoms with Crippen molar-refractivity contribution in [3.8, 4) is 5.75 Å². The molecule has 32 heavy (non-hydrogen) atoms. The summed E-state index contributed by atoms with van der Waals surface area (Å²) in [6.07, 6.45) is 2.35. The Bertz CT molecular complexity index is 979. The average molecular weight is 491 g/mol. The van der Waals surface area contributed by atoms with Gasteiger partial charge in [-0.1, -0.05) is 0 Å². The highest BCUT2D eigenvalue weighted by molar-refractivity contribution is 7.90. The summed E-state index contributed by atoms with van der Waals surface area (Å²) in [4.78, 5) is 11.5. The number of fused-ring (bicyclic) bond motifs is 1. The normalized spacial score (nSPS) is 15.1. The molecule has 0 unspecified atom stereocenters. The molecular weight excluding hydrogens is 456 g/mol. The van der Waals surface area contributed by atoms with Crippen LogP contribution >= 0.6 is 12.4 Å². The molecule has 11 heteroatoms. The van der Waals surface area contributed by atoms with E-state index in [4.69, 9.17) is 15.9 Å².